The second-order valence-corrected chi connectivity index (χ2v) is 9.02. The lowest BCUT2D eigenvalue weighted by atomic mass is 9.94. The number of benzene rings is 2. The van der Waals surface area contributed by atoms with Gasteiger partial charge in [0.15, 0.2) is 11.9 Å². The van der Waals surface area contributed by atoms with Gasteiger partial charge in [0, 0.05) is 16.3 Å². The van der Waals surface area contributed by atoms with Gasteiger partial charge in [0.25, 0.3) is 0 Å². The number of fused-ring (bicyclic) bond motifs is 1. The maximum atomic E-state index is 15.1. The molecule has 0 bridgehead atoms. The van der Waals surface area contributed by atoms with E-state index in [9.17, 15) is 31.5 Å². The number of carbonyl (C=O) groups is 1. The summed E-state index contributed by atoms with van der Waals surface area (Å²) in [5.41, 5.74) is -8.30. The number of rotatable bonds is 5. The number of alkyl halides is 3. The van der Waals surface area contributed by atoms with Crippen LogP contribution in [0.4, 0.5) is 17.6 Å². The molecule has 0 fully saturated rings. The number of carboxylic acids is 1. The zero-order chi connectivity index (χ0) is 23.9. The summed E-state index contributed by atoms with van der Waals surface area (Å²) in [6, 6.07) is 4.76. The SMILES string of the molecule is Cc1c(C(OC(C)(C)C)C(=O)O)c(OS(=O)(=O)C(F)(F)F)c2ccc(C#N)cc2c1F. The van der Waals surface area contributed by atoms with Crippen LogP contribution >= 0.6 is 0 Å². The van der Waals surface area contributed by atoms with Crippen molar-refractivity contribution in [1.29, 1.82) is 5.26 Å². The number of carboxylic acid groups (broad SMARTS) is 1. The first-order valence-electron chi connectivity index (χ1n) is 8.57. The molecule has 0 saturated heterocycles. The number of nitriles is 1. The third-order valence-corrected chi connectivity index (χ3v) is 5.00. The van der Waals surface area contributed by atoms with Gasteiger partial charge in [0.05, 0.1) is 17.2 Å². The Morgan fingerprint density at radius 1 is 1.19 bits per heavy atom. The molecule has 0 saturated carbocycles. The van der Waals surface area contributed by atoms with E-state index >= 15 is 4.39 Å². The highest BCUT2D eigenvalue weighted by Crippen LogP contribution is 2.43. The van der Waals surface area contributed by atoms with E-state index in [0.29, 0.717) is 0 Å². The Labute approximate surface area is 174 Å². The van der Waals surface area contributed by atoms with Crippen LogP contribution in [0, 0.1) is 24.1 Å². The molecule has 2 aromatic rings. The van der Waals surface area contributed by atoms with E-state index in [1.54, 1.807) is 6.07 Å². The van der Waals surface area contributed by atoms with Crippen LogP contribution in [-0.2, 0) is 19.6 Å². The first-order chi connectivity index (χ1) is 14.0. The maximum Gasteiger partial charge on any atom is 0.534 e. The van der Waals surface area contributed by atoms with Gasteiger partial charge in [-0.2, -0.15) is 26.9 Å². The smallest absolute Gasteiger partial charge is 0.479 e. The first-order valence-corrected chi connectivity index (χ1v) is 9.98. The van der Waals surface area contributed by atoms with E-state index in [0.717, 1.165) is 25.1 Å². The summed E-state index contributed by atoms with van der Waals surface area (Å²) in [5, 5.41) is 17.7. The van der Waals surface area contributed by atoms with Crippen LogP contribution in [0.2, 0.25) is 0 Å². The molecule has 31 heavy (non-hydrogen) atoms. The van der Waals surface area contributed by atoms with Crippen LogP contribution in [0.5, 0.6) is 5.75 Å². The Kier molecular flexibility index (Phi) is 6.27. The fourth-order valence-electron chi connectivity index (χ4n) is 2.78. The topological polar surface area (TPSA) is 114 Å². The van der Waals surface area contributed by atoms with E-state index < -0.39 is 66.8 Å². The van der Waals surface area contributed by atoms with Crippen molar-refractivity contribution < 1.29 is 44.8 Å². The number of aliphatic carboxylic acids is 1. The minimum Gasteiger partial charge on any atom is -0.479 e. The number of halogens is 4. The maximum absolute atomic E-state index is 15.1. The predicted octanol–water partition coefficient (Wildman–Crippen LogP) is 4.33. The van der Waals surface area contributed by atoms with E-state index in [1.807, 2.05) is 0 Å². The molecule has 0 amide bonds. The Balaban J connectivity index is 3.01. The molecule has 0 aromatic heterocycles. The molecule has 12 heteroatoms. The Morgan fingerprint density at radius 3 is 2.23 bits per heavy atom. The van der Waals surface area contributed by atoms with E-state index in [2.05, 4.69) is 4.18 Å². The molecule has 0 radical (unpaired) electrons. The molecule has 1 atom stereocenters. The van der Waals surface area contributed by atoms with Crippen LogP contribution in [0.1, 0.15) is 43.6 Å². The van der Waals surface area contributed by atoms with Gasteiger partial charge < -0.3 is 14.0 Å². The highest BCUT2D eigenvalue weighted by molar-refractivity contribution is 7.88. The molecule has 0 aliphatic heterocycles. The van der Waals surface area contributed by atoms with Gasteiger partial charge in [0.2, 0.25) is 0 Å². The summed E-state index contributed by atoms with van der Waals surface area (Å²) < 4.78 is 87.3. The largest absolute Gasteiger partial charge is 0.534 e. The molecule has 2 aromatic carbocycles. The van der Waals surface area contributed by atoms with Crippen LogP contribution in [0.3, 0.4) is 0 Å². The summed E-state index contributed by atoms with van der Waals surface area (Å²) in [7, 11) is -6.25. The van der Waals surface area contributed by atoms with Gasteiger partial charge >= 0.3 is 21.6 Å². The quantitative estimate of drug-likeness (QED) is 0.399. The molecule has 168 valence electrons. The predicted molar refractivity (Wildman–Crippen MR) is 100 cm³/mol. The van der Waals surface area contributed by atoms with E-state index in [4.69, 9.17) is 10.00 Å². The molecule has 0 aliphatic carbocycles. The summed E-state index contributed by atoms with van der Waals surface area (Å²) in [4.78, 5) is 11.9. The third kappa shape index (κ3) is 4.88. The molecule has 1 unspecified atom stereocenters. The molecule has 7 nitrogen and oxygen atoms in total. The molecule has 0 aliphatic rings. The summed E-state index contributed by atoms with van der Waals surface area (Å²) in [6.45, 7) is 5.38. The summed E-state index contributed by atoms with van der Waals surface area (Å²) in [5.74, 6) is -3.82. The van der Waals surface area contributed by atoms with Gasteiger partial charge in [-0.3, -0.25) is 0 Å². The number of hydrogen-bond donors (Lipinski definition) is 1. The Hall–Kier alpha value is -2.91. The molecule has 0 spiro atoms. The van der Waals surface area contributed by atoms with Gasteiger partial charge in [0.1, 0.15) is 5.82 Å². The summed E-state index contributed by atoms with van der Waals surface area (Å²) >= 11 is 0. The Bertz CT molecular complexity index is 1190. The van der Waals surface area contributed by atoms with Gasteiger partial charge in [-0.15, -0.1) is 0 Å². The molecule has 2 rings (SSSR count). The minimum absolute atomic E-state index is 0.0658. The van der Waals surface area contributed by atoms with Crippen molar-refractivity contribution in [3.63, 3.8) is 0 Å². The molecular formula is C19H17F4NO6S. The first kappa shape index (κ1) is 24.4. The van der Waals surface area contributed by atoms with E-state index in [-0.39, 0.29) is 5.56 Å². The summed E-state index contributed by atoms with van der Waals surface area (Å²) in [6.07, 6.45) is -2.06. The molecule has 0 heterocycles. The second-order valence-electron chi connectivity index (χ2n) is 7.49. The normalized spacial score (nSPS) is 13.6. The van der Waals surface area contributed by atoms with Crippen molar-refractivity contribution in [2.75, 3.05) is 0 Å². The average molecular weight is 463 g/mol. The number of nitrogens with zero attached hydrogens (tertiary/aromatic N) is 1. The molecule has 1 N–H and O–H groups in total. The highest BCUT2D eigenvalue weighted by Gasteiger charge is 2.49. The average Bonchev–Trinajstić information content (AvgIpc) is 2.62. The van der Waals surface area contributed by atoms with Crippen molar-refractivity contribution >= 4 is 26.9 Å². The zero-order valence-corrected chi connectivity index (χ0v) is 17.5. The number of ether oxygens (including phenoxy) is 1. The van der Waals surface area contributed by atoms with Crippen LogP contribution in [0.15, 0.2) is 18.2 Å². The lowest BCUT2D eigenvalue weighted by Gasteiger charge is -2.28. The van der Waals surface area contributed by atoms with Gasteiger partial charge in [-0.05, 0) is 51.5 Å². The van der Waals surface area contributed by atoms with Crippen molar-refractivity contribution in [2.24, 2.45) is 0 Å². The second kappa shape index (κ2) is 7.97. The molecular weight excluding hydrogens is 446 g/mol. The monoisotopic (exact) mass is 463 g/mol. The highest BCUT2D eigenvalue weighted by atomic mass is 32.2. The van der Waals surface area contributed by atoms with Crippen molar-refractivity contribution in [2.45, 2.75) is 44.9 Å². The van der Waals surface area contributed by atoms with Crippen LogP contribution in [0.25, 0.3) is 10.8 Å². The third-order valence-electron chi connectivity index (χ3n) is 4.04. The van der Waals surface area contributed by atoms with Gasteiger partial charge in [-0.25, -0.2) is 9.18 Å². The van der Waals surface area contributed by atoms with E-state index in [1.165, 1.54) is 20.8 Å². The zero-order valence-electron chi connectivity index (χ0n) is 16.7. The van der Waals surface area contributed by atoms with Gasteiger partial charge in [-0.1, -0.05) is 0 Å². The lowest BCUT2D eigenvalue weighted by Crippen LogP contribution is -2.31. The van der Waals surface area contributed by atoms with Crippen molar-refractivity contribution in [1.82, 2.24) is 0 Å². The minimum atomic E-state index is -6.25. The van der Waals surface area contributed by atoms with Crippen molar-refractivity contribution in [3.8, 4) is 11.8 Å². The Morgan fingerprint density at radius 2 is 1.77 bits per heavy atom. The standard InChI is InChI=1S/C19H17F4NO6S/c1-9-13(16(17(25)26)29-18(2,3)4)15(30-31(27,28)19(21,22)23)11-6-5-10(8-24)7-12(11)14(9)20/h5-7,16H,1-4H3,(H,25,26). The number of hydrogen-bond acceptors (Lipinski definition) is 6. The van der Waals surface area contributed by atoms with Crippen molar-refractivity contribution in [3.05, 3.63) is 40.7 Å². The fourth-order valence-corrected chi connectivity index (χ4v) is 3.27. The lowest BCUT2D eigenvalue weighted by molar-refractivity contribution is -0.160. The van der Waals surface area contributed by atoms with Crippen LogP contribution in [-0.4, -0.2) is 30.6 Å². The van der Waals surface area contributed by atoms with Crippen LogP contribution < -0.4 is 4.18 Å². The fraction of sp³-hybridized carbons (Fsp3) is 0.368.